The minimum atomic E-state index is -1.08. The van der Waals surface area contributed by atoms with Gasteiger partial charge in [0, 0.05) is 69.8 Å². The molecule has 8 rings (SSSR count). The number of nitrogens with one attached hydrogen (secondary N) is 2. The smallest absolute Gasteiger partial charge is 0.195 e. The van der Waals surface area contributed by atoms with Gasteiger partial charge in [-0.2, -0.15) is 0 Å². The zero-order chi connectivity index (χ0) is 40.6. The first-order chi connectivity index (χ1) is 28.2. The van der Waals surface area contributed by atoms with E-state index in [0.717, 1.165) is 61.2 Å². The first-order valence-electron chi connectivity index (χ1n) is 19.3. The average Bonchev–Trinajstić information content (AvgIpc) is 3.25. The van der Waals surface area contributed by atoms with E-state index in [1.807, 2.05) is 134 Å². The monoisotopic (exact) mass is 814 g/mol. The van der Waals surface area contributed by atoms with Gasteiger partial charge in [-0.3, -0.25) is 9.59 Å². The van der Waals surface area contributed by atoms with E-state index in [1.54, 1.807) is 0 Å². The van der Waals surface area contributed by atoms with Gasteiger partial charge in [0.05, 0.1) is 0 Å². The Hall–Kier alpha value is -6.79. The van der Waals surface area contributed by atoms with E-state index in [2.05, 4.69) is 73.0 Å². The maximum Gasteiger partial charge on any atom is 0.195 e. The second-order valence-electron chi connectivity index (χ2n) is 14.3. The summed E-state index contributed by atoms with van der Waals surface area (Å²) in [6, 6.07) is 52.6. The summed E-state index contributed by atoms with van der Waals surface area (Å²) in [4.78, 5) is 37.6. The molecule has 0 bridgehead atoms. The molecule has 0 aliphatic heterocycles. The van der Waals surface area contributed by atoms with Crippen LogP contribution in [0.15, 0.2) is 181 Å². The largest absolute Gasteiger partial charge is 0.550 e. The molecule has 0 amide bonds. The molecule has 0 spiro atoms. The Bertz CT molecular complexity index is 2650. The molecule has 0 unspecified atom stereocenters. The third kappa shape index (κ3) is 9.34. The van der Waals surface area contributed by atoms with Gasteiger partial charge in [-0.25, -0.2) is 0 Å². The molecule has 0 fully saturated rings. The van der Waals surface area contributed by atoms with Gasteiger partial charge >= 0.3 is 0 Å². The van der Waals surface area contributed by atoms with Crippen molar-refractivity contribution in [1.82, 2.24) is 10.6 Å². The molecule has 0 aromatic heterocycles. The van der Waals surface area contributed by atoms with Crippen LogP contribution in [0, 0.1) is 0 Å². The van der Waals surface area contributed by atoms with Crippen molar-refractivity contribution in [2.45, 2.75) is 32.9 Å². The third-order valence-electron chi connectivity index (χ3n) is 10.4. The molecule has 1 radical (unpaired) electrons. The summed E-state index contributed by atoms with van der Waals surface area (Å²) in [5.41, 5.74) is 8.55. The molecule has 59 heavy (non-hydrogen) atoms. The van der Waals surface area contributed by atoms with Crippen molar-refractivity contribution in [2.24, 2.45) is 0 Å². The number of carbonyl (C=O) groups excluding carboxylic acids is 3. The molecule has 7 heteroatoms. The maximum atomic E-state index is 14.3. The molecule has 6 nitrogen and oxygen atoms in total. The number of carboxylic acids is 1. The van der Waals surface area contributed by atoms with Crippen LogP contribution >= 0.6 is 0 Å². The molecule has 2 atom stereocenters. The molecule has 2 aliphatic rings. The summed E-state index contributed by atoms with van der Waals surface area (Å²) in [7, 11) is 0. The minimum Gasteiger partial charge on any atom is -0.550 e. The number of hydrogen-bond donors (Lipinski definition) is 2. The van der Waals surface area contributed by atoms with Crippen molar-refractivity contribution in [3.05, 3.63) is 213 Å². The maximum absolute atomic E-state index is 14.3. The Kier molecular flexibility index (Phi) is 13.5. The zero-order valence-electron chi connectivity index (χ0n) is 33.0. The average molecular weight is 815 g/mol. The molecule has 0 saturated carbocycles. The van der Waals surface area contributed by atoms with Crippen LogP contribution < -0.4 is 36.6 Å². The summed E-state index contributed by atoms with van der Waals surface area (Å²) in [5, 5.41) is 19.7. The normalized spacial score (nSPS) is 15.2. The predicted molar refractivity (Wildman–Crippen MR) is 231 cm³/mol. The number of carboxylic acid groups (broad SMARTS) is 1. The van der Waals surface area contributed by atoms with Gasteiger partial charge in [0.2, 0.25) is 0 Å². The van der Waals surface area contributed by atoms with Crippen molar-refractivity contribution in [2.75, 3.05) is 0 Å². The topological polar surface area (TPSA) is 98.3 Å². The van der Waals surface area contributed by atoms with Crippen molar-refractivity contribution in [1.29, 1.82) is 0 Å². The van der Waals surface area contributed by atoms with E-state index in [0.29, 0.717) is 22.3 Å². The van der Waals surface area contributed by atoms with E-state index in [1.165, 1.54) is 0 Å². The Morgan fingerprint density at radius 1 is 0.492 bits per heavy atom. The molecule has 6 aromatic rings. The molecular weight excluding hydrogens is 772 g/mol. The van der Waals surface area contributed by atoms with E-state index in [-0.39, 0.29) is 40.7 Å². The van der Waals surface area contributed by atoms with Gasteiger partial charge in [0.1, 0.15) is 0 Å². The number of allylic oxidation sites excluding steroid dienone is 2. The van der Waals surface area contributed by atoms with E-state index in [4.69, 9.17) is 9.90 Å². The van der Waals surface area contributed by atoms with Crippen LogP contribution in [0.25, 0.3) is 45.6 Å². The number of ketones is 2. The van der Waals surface area contributed by atoms with Crippen LogP contribution in [-0.2, 0) is 31.5 Å². The van der Waals surface area contributed by atoms with Crippen LogP contribution in [0.3, 0.4) is 0 Å². The predicted octanol–water partition coefficient (Wildman–Crippen LogP) is 5.32. The van der Waals surface area contributed by atoms with Gasteiger partial charge in [0.15, 0.2) is 11.6 Å². The van der Waals surface area contributed by atoms with E-state index < -0.39 is 5.97 Å². The Balaban J connectivity index is 0.00000112. The molecular formula is C52H43MnN2O4-. The molecule has 6 aromatic carbocycles. The molecule has 0 heterocycles. The van der Waals surface area contributed by atoms with Gasteiger partial charge in [0.25, 0.3) is 0 Å². The Morgan fingerprint density at radius 3 is 1.17 bits per heavy atom. The summed E-state index contributed by atoms with van der Waals surface area (Å²) >= 11 is 0. The fraction of sp³-hybridized carbons (Fsp3) is 0.0962. The van der Waals surface area contributed by atoms with Gasteiger partial charge < -0.3 is 20.5 Å². The first kappa shape index (κ1) is 41.8. The number of benzene rings is 6. The van der Waals surface area contributed by atoms with Crippen LogP contribution in [-0.4, -0.2) is 29.6 Å². The van der Waals surface area contributed by atoms with Crippen molar-refractivity contribution >= 4 is 40.8 Å². The number of Topliss-reactive ketones (excluding diaryl/α,β-unsaturated/α-hetero) is 2. The summed E-state index contributed by atoms with van der Waals surface area (Å²) in [6.45, 7) is 5.11. The summed E-state index contributed by atoms with van der Waals surface area (Å²) in [5.74, 6) is -1.14. The fourth-order valence-electron chi connectivity index (χ4n) is 7.32. The van der Waals surface area contributed by atoms with Crippen LogP contribution in [0.5, 0.6) is 0 Å². The van der Waals surface area contributed by atoms with Crippen LogP contribution in [0.1, 0.15) is 31.9 Å². The zero-order valence-corrected chi connectivity index (χ0v) is 34.2. The number of carbonyl (C=O) groups is 3. The summed E-state index contributed by atoms with van der Waals surface area (Å²) < 4.78 is 0. The number of hydrogen-bond acceptors (Lipinski definition) is 6. The number of fused-ring (bicyclic) bond motifs is 2. The SMILES string of the molecule is CC(=O)[O-].C[C@@H](N/C=C1/C=c2ccccc2=C(c2ccccc2-c2ccccc2)C1=O)[C@@H](C)N/C=C1/C=c2ccccc2=C(c2ccccc2-c2ccccc2)C1=O.[Mn]. The second-order valence-corrected chi connectivity index (χ2v) is 14.3. The minimum absolute atomic E-state index is 0. The van der Waals surface area contributed by atoms with Crippen LogP contribution in [0.4, 0.5) is 0 Å². The van der Waals surface area contributed by atoms with Crippen LogP contribution in [0.2, 0.25) is 0 Å². The van der Waals surface area contributed by atoms with Gasteiger partial charge in [-0.1, -0.05) is 158 Å². The Labute approximate surface area is 354 Å². The summed E-state index contributed by atoms with van der Waals surface area (Å²) in [6.07, 6.45) is 7.59. The van der Waals surface area contributed by atoms with Gasteiger partial charge in [-0.15, -0.1) is 0 Å². The molecule has 2 N–H and O–H groups in total. The van der Waals surface area contributed by atoms with E-state index >= 15 is 0 Å². The standard InChI is InChI=1S/C50H40N2O2.C2H4O2.Mn/c1-33(51-31-39-29-37-21-9-11-25-43(37)47(49(39)53)45-27-15-13-23-41(45)35-17-5-3-6-18-35)34(2)52-32-40-30-38-22-10-12-26-44(38)48(50(40)54)46-28-16-14-24-42(46)36-19-7-4-8-20-36;1-2(3)4;/h3-34,51-52H,1-2H3;1H3,(H,3,4);/p-1/b39-31-,40-32-;;/t33-,34-;;/m1../s1. The first-order valence-corrected chi connectivity index (χ1v) is 19.3. The van der Waals surface area contributed by atoms with Crippen molar-refractivity contribution < 1.29 is 36.6 Å². The fourth-order valence-corrected chi connectivity index (χ4v) is 7.32. The number of rotatable bonds is 9. The molecule has 293 valence electrons. The van der Waals surface area contributed by atoms with Gasteiger partial charge in [-0.05, 0) is 87.2 Å². The van der Waals surface area contributed by atoms with Crippen molar-refractivity contribution in [3.8, 4) is 22.3 Å². The number of aliphatic carboxylic acids is 1. The second kappa shape index (κ2) is 19.1. The quantitative estimate of drug-likeness (QED) is 0.152. The Morgan fingerprint density at radius 2 is 0.797 bits per heavy atom. The molecule has 2 aliphatic carbocycles. The van der Waals surface area contributed by atoms with Crippen molar-refractivity contribution in [3.63, 3.8) is 0 Å². The third-order valence-corrected chi connectivity index (χ3v) is 10.4. The molecule has 0 saturated heterocycles. The van der Waals surface area contributed by atoms with E-state index in [9.17, 15) is 9.59 Å².